The molecule has 0 saturated carbocycles. The molecular weight excluding hydrogens is 478 g/mol. The van der Waals surface area contributed by atoms with Crippen molar-refractivity contribution in [2.75, 3.05) is 5.32 Å². The smallest absolute Gasteiger partial charge is 0.235 e. The average molecular weight is 501 g/mol. The molecule has 0 fully saturated rings. The van der Waals surface area contributed by atoms with E-state index >= 15 is 0 Å². The van der Waals surface area contributed by atoms with E-state index in [-0.39, 0.29) is 17.1 Å². The molecular formula is C24H23BrClN3O2. The molecule has 1 aromatic heterocycles. The molecule has 1 aliphatic carbocycles. The first-order chi connectivity index (χ1) is 14.7. The van der Waals surface area contributed by atoms with Crippen LogP contribution in [0, 0.1) is 11.3 Å². The first-order valence-electron chi connectivity index (χ1n) is 10.1. The molecule has 1 aliphatic heterocycles. The number of carbonyl (C=O) groups is 2. The van der Waals surface area contributed by atoms with Crippen LogP contribution in [0.2, 0.25) is 5.02 Å². The van der Waals surface area contributed by atoms with Crippen LogP contribution in [0.25, 0.3) is 0 Å². The minimum atomic E-state index is -0.658. The summed E-state index contributed by atoms with van der Waals surface area (Å²) in [6.45, 7) is 5.99. The van der Waals surface area contributed by atoms with Crippen LogP contribution in [-0.2, 0) is 9.59 Å². The van der Waals surface area contributed by atoms with Crippen molar-refractivity contribution >= 4 is 50.8 Å². The van der Waals surface area contributed by atoms with Crippen LogP contribution in [0.15, 0.2) is 63.3 Å². The molecule has 1 N–H and O–H groups in total. The molecule has 0 bridgehead atoms. The third kappa shape index (κ3) is 4.37. The number of aromatic nitrogens is 1. The summed E-state index contributed by atoms with van der Waals surface area (Å²) in [4.78, 5) is 35.7. The van der Waals surface area contributed by atoms with Gasteiger partial charge in [0.25, 0.3) is 0 Å². The van der Waals surface area contributed by atoms with E-state index in [1.54, 1.807) is 18.3 Å². The van der Waals surface area contributed by atoms with Gasteiger partial charge >= 0.3 is 0 Å². The maximum Gasteiger partial charge on any atom is 0.235 e. The molecule has 1 unspecified atom stereocenters. The fraction of sp³-hybridized carbons (Fsp3) is 0.333. The number of pyridine rings is 1. The number of nitrogens with one attached hydrogen (secondary N) is 1. The first-order valence-corrected chi connectivity index (χ1v) is 11.3. The van der Waals surface area contributed by atoms with Gasteiger partial charge in [-0.25, -0.2) is 4.98 Å². The minimum absolute atomic E-state index is 0.0342. The second-order valence-corrected chi connectivity index (χ2v) is 10.2. The number of aliphatic imine (C=N–C) groups is 1. The van der Waals surface area contributed by atoms with Crippen LogP contribution >= 0.6 is 27.5 Å². The molecule has 160 valence electrons. The van der Waals surface area contributed by atoms with E-state index in [2.05, 4.69) is 40.1 Å². The maximum absolute atomic E-state index is 13.4. The summed E-state index contributed by atoms with van der Waals surface area (Å²) in [6, 6.07) is 10.9. The van der Waals surface area contributed by atoms with Crippen molar-refractivity contribution < 1.29 is 9.59 Å². The number of nitrogens with zero attached hydrogens (tertiary/aromatic N) is 2. The molecule has 2 aromatic rings. The summed E-state index contributed by atoms with van der Waals surface area (Å²) in [5.74, 6) is -0.929. The van der Waals surface area contributed by atoms with Gasteiger partial charge < -0.3 is 5.32 Å². The molecule has 2 atom stereocenters. The zero-order chi connectivity index (χ0) is 22.3. The van der Waals surface area contributed by atoms with Crippen LogP contribution in [0.5, 0.6) is 0 Å². The van der Waals surface area contributed by atoms with Crippen molar-refractivity contribution in [3.8, 4) is 0 Å². The van der Waals surface area contributed by atoms with Crippen molar-refractivity contribution in [3.63, 3.8) is 0 Å². The summed E-state index contributed by atoms with van der Waals surface area (Å²) in [6.07, 6.45) is 2.73. The van der Waals surface area contributed by atoms with Gasteiger partial charge in [0, 0.05) is 45.0 Å². The zero-order valence-electron chi connectivity index (χ0n) is 17.6. The molecule has 0 radical (unpaired) electrons. The molecule has 4 rings (SSSR count). The Labute approximate surface area is 195 Å². The SMILES string of the molecule is CC1=NC2=C(C(=O)CC(C)(C)C2)[C@@H](c2ccccc2Cl)C1C(=O)Nc1ccc(Br)cn1. The Morgan fingerprint density at radius 3 is 2.61 bits per heavy atom. The molecule has 1 amide bonds. The van der Waals surface area contributed by atoms with E-state index < -0.39 is 11.8 Å². The molecule has 7 heteroatoms. The first kappa shape index (κ1) is 21.9. The van der Waals surface area contributed by atoms with Crippen LogP contribution in [0.1, 0.15) is 45.1 Å². The zero-order valence-corrected chi connectivity index (χ0v) is 19.9. The highest BCUT2D eigenvalue weighted by Gasteiger charge is 2.46. The van der Waals surface area contributed by atoms with Crippen LogP contribution in [0.4, 0.5) is 5.82 Å². The Morgan fingerprint density at radius 1 is 1.19 bits per heavy atom. The molecule has 2 heterocycles. The number of hydrogen-bond donors (Lipinski definition) is 1. The van der Waals surface area contributed by atoms with Crippen LogP contribution in [-0.4, -0.2) is 22.4 Å². The Balaban J connectivity index is 1.81. The van der Waals surface area contributed by atoms with Gasteiger partial charge in [-0.3, -0.25) is 14.6 Å². The monoisotopic (exact) mass is 499 g/mol. The lowest BCUT2D eigenvalue weighted by molar-refractivity contribution is -0.119. The normalized spacial score (nSPS) is 22.6. The number of benzene rings is 1. The number of allylic oxidation sites excluding steroid dienone is 2. The number of ketones is 1. The van der Waals surface area contributed by atoms with Gasteiger partial charge in [0.05, 0.1) is 5.92 Å². The van der Waals surface area contributed by atoms with Gasteiger partial charge in [0.15, 0.2) is 5.78 Å². The van der Waals surface area contributed by atoms with Gasteiger partial charge in [-0.15, -0.1) is 0 Å². The summed E-state index contributed by atoms with van der Waals surface area (Å²) in [5.41, 5.74) is 2.66. The maximum atomic E-state index is 13.4. The number of carbonyl (C=O) groups excluding carboxylic acids is 2. The van der Waals surface area contributed by atoms with E-state index in [9.17, 15) is 9.59 Å². The van der Waals surface area contributed by atoms with E-state index in [0.717, 1.165) is 15.7 Å². The number of amides is 1. The highest BCUT2D eigenvalue weighted by Crippen LogP contribution is 2.49. The number of halogens is 2. The third-order valence-electron chi connectivity index (χ3n) is 5.80. The van der Waals surface area contributed by atoms with E-state index in [4.69, 9.17) is 16.6 Å². The highest BCUT2D eigenvalue weighted by atomic mass is 79.9. The Bertz CT molecular complexity index is 1120. The van der Waals surface area contributed by atoms with Crippen LogP contribution in [0.3, 0.4) is 0 Å². The lowest BCUT2D eigenvalue weighted by atomic mass is 9.66. The van der Waals surface area contributed by atoms with E-state index in [1.807, 2.05) is 31.2 Å². The summed E-state index contributed by atoms with van der Waals surface area (Å²) in [7, 11) is 0. The molecule has 2 aliphatic rings. The van der Waals surface area contributed by atoms with Gasteiger partial charge in [0.2, 0.25) is 5.91 Å². The fourth-order valence-electron chi connectivity index (χ4n) is 4.50. The number of Topliss-reactive ketones (excluding diaryl/α,β-unsaturated/α-hetero) is 1. The Hall–Kier alpha value is -2.31. The second kappa shape index (κ2) is 8.32. The molecule has 31 heavy (non-hydrogen) atoms. The molecule has 1 aromatic carbocycles. The lowest BCUT2D eigenvalue weighted by Crippen LogP contribution is -2.41. The number of hydrogen-bond acceptors (Lipinski definition) is 4. The van der Waals surface area contributed by atoms with Gasteiger partial charge in [0.1, 0.15) is 5.82 Å². The van der Waals surface area contributed by atoms with Crippen molar-refractivity contribution in [2.24, 2.45) is 16.3 Å². The lowest BCUT2D eigenvalue weighted by Gasteiger charge is -2.39. The molecule has 0 spiro atoms. The summed E-state index contributed by atoms with van der Waals surface area (Å²) < 4.78 is 0.820. The van der Waals surface area contributed by atoms with Gasteiger partial charge in [-0.2, -0.15) is 0 Å². The average Bonchev–Trinajstić information content (AvgIpc) is 2.68. The largest absolute Gasteiger partial charge is 0.310 e. The minimum Gasteiger partial charge on any atom is -0.310 e. The summed E-state index contributed by atoms with van der Waals surface area (Å²) >= 11 is 9.91. The highest BCUT2D eigenvalue weighted by molar-refractivity contribution is 9.10. The Morgan fingerprint density at radius 2 is 1.94 bits per heavy atom. The molecule has 5 nitrogen and oxygen atoms in total. The third-order valence-corrected chi connectivity index (χ3v) is 6.62. The van der Waals surface area contributed by atoms with Crippen LogP contribution < -0.4 is 5.32 Å². The van der Waals surface area contributed by atoms with E-state index in [1.165, 1.54) is 0 Å². The Kier molecular flexibility index (Phi) is 5.88. The number of anilines is 1. The van der Waals surface area contributed by atoms with Crippen molar-refractivity contribution in [3.05, 3.63) is 68.9 Å². The quantitative estimate of drug-likeness (QED) is 0.566. The van der Waals surface area contributed by atoms with Gasteiger partial charge in [-0.05, 0) is 58.5 Å². The summed E-state index contributed by atoms with van der Waals surface area (Å²) in [5, 5.41) is 3.42. The van der Waals surface area contributed by atoms with Crippen molar-refractivity contribution in [1.82, 2.24) is 4.98 Å². The predicted octanol–water partition coefficient (Wildman–Crippen LogP) is 5.95. The van der Waals surface area contributed by atoms with Gasteiger partial charge in [-0.1, -0.05) is 43.6 Å². The van der Waals surface area contributed by atoms with E-state index in [0.29, 0.717) is 35.0 Å². The standard InChI is InChI=1S/C24H23BrClN3O2/c1-13-20(23(31)29-19-9-8-14(25)12-27-19)21(15-6-4-5-7-16(15)26)22-17(28-13)10-24(2,3)11-18(22)30/h4-9,12,20-21H,10-11H2,1-3H3,(H,27,29,31)/t20?,21-/m0/s1. The van der Waals surface area contributed by atoms with Crippen molar-refractivity contribution in [1.29, 1.82) is 0 Å². The molecule has 0 saturated heterocycles. The topological polar surface area (TPSA) is 71.4 Å². The number of rotatable bonds is 3. The van der Waals surface area contributed by atoms with Crippen molar-refractivity contribution in [2.45, 2.75) is 39.5 Å². The second-order valence-electron chi connectivity index (χ2n) is 8.88. The fourth-order valence-corrected chi connectivity index (χ4v) is 4.99. The predicted molar refractivity (Wildman–Crippen MR) is 126 cm³/mol.